The van der Waals surface area contributed by atoms with E-state index < -0.39 is 0 Å². The van der Waals surface area contributed by atoms with Crippen molar-refractivity contribution in [1.82, 2.24) is 10.2 Å². The van der Waals surface area contributed by atoms with Crippen LogP contribution in [0.1, 0.15) is 38.3 Å². The van der Waals surface area contributed by atoms with Crippen LogP contribution in [-0.2, 0) is 0 Å². The van der Waals surface area contributed by atoms with Gasteiger partial charge < -0.3 is 15.1 Å². The van der Waals surface area contributed by atoms with Gasteiger partial charge in [-0.1, -0.05) is 22.9 Å². The third-order valence-electron chi connectivity index (χ3n) is 4.53. The predicted octanol–water partition coefficient (Wildman–Crippen LogP) is 3.65. The van der Waals surface area contributed by atoms with Gasteiger partial charge in [0.25, 0.3) is 0 Å². The van der Waals surface area contributed by atoms with Crippen molar-refractivity contribution in [2.24, 2.45) is 0 Å². The maximum atomic E-state index is 3.61. The van der Waals surface area contributed by atoms with Gasteiger partial charge in [-0.05, 0) is 63.7 Å². The number of likely N-dealkylation sites (N-methyl/N-ethyl adjacent to an activating group) is 2. The van der Waals surface area contributed by atoms with E-state index in [1.54, 1.807) is 0 Å². The quantitative estimate of drug-likeness (QED) is 0.841. The molecule has 1 heterocycles. The van der Waals surface area contributed by atoms with E-state index in [4.69, 9.17) is 0 Å². The molecular weight excluding hydrogens is 326 g/mol. The number of nitrogens with one attached hydrogen (secondary N) is 1. The van der Waals surface area contributed by atoms with Crippen LogP contribution in [0.4, 0.5) is 5.69 Å². The van der Waals surface area contributed by atoms with Crippen LogP contribution < -0.4 is 10.2 Å². The van der Waals surface area contributed by atoms with Gasteiger partial charge in [0.2, 0.25) is 0 Å². The summed E-state index contributed by atoms with van der Waals surface area (Å²) in [5.41, 5.74) is 2.71. The third kappa shape index (κ3) is 4.21. The summed E-state index contributed by atoms with van der Waals surface area (Å²) in [7, 11) is 4.47. The number of anilines is 1. The number of rotatable bonds is 6. The molecule has 4 heteroatoms. The van der Waals surface area contributed by atoms with Crippen molar-refractivity contribution in [2.75, 3.05) is 38.6 Å². The lowest BCUT2D eigenvalue weighted by atomic mass is 10.0. The Bertz CT molecular complexity index is 463. The first kappa shape index (κ1) is 16.8. The second-order valence-corrected chi connectivity index (χ2v) is 7.06. The molecule has 0 radical (unpaired) electrons. The number of hydrogen-bond acceptors (Lipinski definition) is 3. The van der Waals surface area contributed by atoms with Crippen molar-refractivity contribution < 1.29 is 0 Å². The molecule has 2 atom stereocenters. The Morgan fingerprint density at radius 2 is 2.24 bits per heavy atom. The summed E-state index contributed by atoms with van der Waals surface area (Å²) in [5.74, 6) is 0. The van der Waals surface area contributed by atoms with Crippen molar-refractivity contribution in [2.45, 2.75) is 38.8 Å². The third-order valence-corrected chi connectivity index (χ3v) is 5.03. The van der Waals surface area contributed by atoms with E-state index in [2.05, 4.69) is 77.2 Å². The Balaban J connectivity index is 2.17. The van der Waals surface area contributed by atoms with Crippen LogP contribution in [0.3, 0.4) is 0 Å². The summed E-state index contributed by atoms with van der Waals surface area (Å²) in [5, 5.41) is 3.53. The van der Waals surface area contributed by atoms with E-state index >= 15 is 0 Å². The van der Waals surface area contributed by atoms with E-state index in [1.807, 2.05) is 0 Å². The highest BCUT2D eigenvalue weighted by Gasteiger charge is 2.23. The highest BCUT2D eigenvalue weighted by Crippen LogP contribution is 2.30. The fourth-order valence-corrected chi connectivity index (χ4v) is 3.64. The van der Waals surface area contributed by atoms with Crippen molar-refractivity contribution >= 4 is 21.6 Å². The number of hydrogen-bond donors (Lipinski definition) is 1. The minimum atomic E-state index is 0.367. The molecule has 1 fully saturated rings. The van der Waals surface area contributed by atoms with Gasteiger partial charge in [-0.25, -0.2) is 0 Å². The summed E-state index contributed by atoms with van der Waals surface area (Å²) in [6.07, 6.45) is 2.64. The molecule has 118 valence electrons. The minimum Gasteiger partial charge on any atom is -0.373 e. The number of nitrogens with zero attached hydrogens (tertiary/aromatic N) is 2. The van der Waals surface area contributed by atoms with E-state index in [0.29, 0.717) is 12.1 Å². The molecular formula is C17H28BrN3. The SMILES string of the molecule is CCNC(C)c1cc(Br)ccc1N(C)CC1CCCN1C. The summed E-state index contributed by atoms with van der Waals surface area (Å²) >= 11 is 3.61. The molecule has 0 bridgehead atoms. The molecule has 0 spiro atoms. The first-order valence-corrected chi connectivity index (χ1v) is 8.76. The fraction of sp³-hybridized carbons (Fsp3) is 0.647. The molecule has 21 heavy (non-hydrogen) atoms. The molecule has 0 aliphatic carbocycles. The molecule has 2 unspecified atom stereocenters. The van der Waals surface area contributed by atoms with E-state index in [-0.39, 0.29) is 0 Å². The van der Waals surface area contributed by atoms with Gasteiger partial charge in [-0.15, -0.1) is 0 Å². The van der Waals surface area contributed by atoms with Crippen LogP contribution in [0.25, 0.3) is 0 Å². The highest BCUT2D eigenvalue weighted by atomic mass is 79.9. The van der Waals surface area contributed by atoms with Gasteiger partial charge in [0, 0.05) is 35.8 Å². The van der Waals surface area contributed by atoms with Gasteiger partial charge >= 0.3 is 0 Å². The zero-order chi connectivity index (χ0) is 15.4. The molecule has 1 aromatic rings. The second-order valence-electron chi connectivity index (χ2n) is 6.14. The van der Waals surface area contributed by atoms with Crippen LogP contribution in [0.2, 0.25) is 0 Å². The van der Waals surface area contributed by atoms with E-state index in [0.717, 1.165) is 17.6 Å². The predicted molar refractivity (Wildman–Crippen MR) is 95.2 cm³/mol. The highest BCUT2D eigenvalue weighted by molar-refractivity contribution is 9.10. The van der Waals surface area contributed by atoms with Crippen LogP contribution in [0.5, 0.6) is 0 Å². The average Bonchev–Trinajstić information content (AvgIpc) is 2.84. The van der Waals surface area contributed by atoms with Gasteiger partial charge in [-0.3, -0.25) is 0 Å². The molecule has 0 aromatic heterocycles. The van der Waals surface area contributed by atoms with Crippen LogP contribution in [0.15, 0.2) is 22.7 Å². The minimum absolute atomic E-state index is 0.367. The molecule has 1 aliphatic heterocycles. The first-order chi connectivity index (χ1) is 10.0. The maximum absolute atomic E-state index is 3.61. The molecule has 1 aromatic carbocycles. The Labute approximate surface area is 137 Å². The number of benzene rings is 1. The van der Waals surface area contributed by atoms with Crippen molar-refractivity contribution in [3.63, 3.8) is 0 Å². The van der Waals surface area contributed by atoms with Crippen LogP contribution in [-0.4, -0.2) is 44.7 Å². The summed E-state index contributed by atoms with van der Waals surface area (Å²) in [4.78, 5) is 4.91. The topological polar surface area (TPSA) is 18.5 Å². The van der Waals surface area contributed by atoms with Gasteiger partial charge in [-0.2, -0.15) is 0 Å². The molecule has 1 saturated heterocycles. The Morgan fingerprint density at radius 1 is 1.48 bits per heavy atom. The van der Waals surface area contributed by atoms with Crippen LogP contribution >= 0.6 is 15.9 Å². The normalized spacial score (nSPS) is 20.7. The molecule has 0 saturated carbocycles. The number of likely N-dealkylation sites (tertiary alicyclic amines) is 1. The van der Waals surface area contributed by atoms with E-state index in [9.17, 15) is 0 Å². The number of halogens is 1. The lowest BCUT2D eigenvalue weighted by molar-refractivity contribution is 0.314. The zero-order valence-electron chi connectivity index (χ0n) is 13.7. The first-order valence-electron chi connectivity index (χ1n) is 7.97. The smallest absolute Gasteiger partial charge is 0.0413 e. The lowest BCUT2D eigenvalue weighted by Gasteiger charge is -2.30. The fourth-order valence-electron chi connectivity index (χ4n) is 3.26. The van der Waals surface area contributed by atoms with Gasteiger partial charge in [0.15, 0.2) is 0 Å². The standard InChI is InChI=1S/C17H28BrN3/c1-5-19-13(2)16-11-14(18)8-9-17(16)21(4)12-15-7-6-10-20(15)3/h8-9,11,13,15,19H,5-7,10,12H2,1-4H3. The summed E-state index contributed by atoms with van der Waals surface area (Å²) in [6.45, 7) is 7.72. The summed E-state index contributed by atoms with van der Waals surface area (Å²) < 4.78 is 1.15. The van der Waals surface area contributed by atoms with Crippen LogP contribution in [0, 0.1) is 0 Å². The molecule has 1 aliphatic rings. The Morgan fingerprint density at radius 3 is 2.86 bits per heavy atom. The molecule has 2 rings (SSSR count). The Hall–Kier alpha value is -0.580. The van der Waals surface area contributed by atoms with Crippen molar-refractivity contribution in [3.05, 3.63) is 28.2 Å². The Kier molecular flexibility index (Phi) is 6.08. The molecule has 0 amide bonds. The van der Waals surface area contributed by atoms with E-state index in [1.165, 1.54) is 30.6 Å². The largest absolute Gasteiger partial charge is 0.373 e. The van der Waals surface area contributed by atoms with Gasteiger partial charge in [0.05, 0.1) is 0 Å². The van der Waals surface area contributed by atoms with Crippen molar-refractivity contribution in [1.29, 1.82) is 0 Å². The maximum Gasteiger partial charge on any atom is 0.0413 e. The monoisotopic (exact) mass is 353 g/mol. The average molecular weight is 354 g/mol. The van der Waals surface area contributed by atoms with Gasteiger partial charge in [0.1, 0.15) is 0 Å². The second kappa shape index (κ2) is 7.61. The van der Waals surface area contributed by atoms with Crippen molar-refractivity contribution in [3.8, 4) is 0 Å². The zero-order valence-corrected chi connectivity index (χ0v) is 15.3. The lowest BCUT2D eigenvalue weighted by Crippen LogP contribution is -2.37. The summed E-state index contributed by atoms with van der Waals surface area (Å²) in [6, 6.07) is 7.68. The molecule has 1 N–H and O–H groups in total. The molecule has 3 nitrogen and oxygen atoms in total.